The maximum Gasteiger partial charge on any atom is 0.0991 e. The SMILES string of the molecule is CCCN1c2cc(Cl)c(C=Nc3ccc(C#N)cc3)cc2C(C)=CC1(C)C. The van der Waals surface area contributed by atoms with Crippen LogP contribution in [0, 0.1) is 11.3 Å². The number of halogens is 1. The molecule has 3 rings (SSSR count). The number of fused-ring (bicyclic) bond motifs is 1. The number of nitrogens with zero attached hydrogens (tertiary/aromatic N) is 3. The Labute approximate surface area is 166 Å². The minimum atomic E-state index is -0.0332. The molecule has 27 heavy (non-hydrogen) atoms. The molecule has 0 radical (unpaired) electrons. The number of hydrogen-bond acceptors (Lipinski definition) is 3. The van der Waals surface area contributed by atoms with Gasteiger partial charge in [-0.2, -0.15) is 5.26 Å². The van der Waals surface area contributed by atoms with Crippen LogP contribution < -0.4 is 4.90 Å². The number of rotatable bonds is 4. The Morgan fingerprint density at radius 3 is 2.56 bits per heavy atom. The van der Waals surface area contributed by atoms with Crippen molar-refractivity contribution in [2.75, 3.05) is 11.4 Å². The first kappa shape index (κ1) is 19.2. The van der Waals surface area contributed by atoms with Crippen LogP contribution in [0.4, 0.5) is 11.4 Å². The summed E-state index contributed by atoms with van der Waals surface area (Å²) in [4.78, 5) is 6.94. The number of anilines is 1. The minimum absolute atomic E-state index is 0.0332. The van der Waals surface area contributed by atoms with E-state index >= 15 is 0 Å². The lowest BCUT2D eigenvalue weighted by molar-refractivity contribution is 0.550. The number of hydrogen-bond donors (Lipinski definition) is 0. The van der Waals surface area contributed by atoms with Gasteiger partial charge in [0.2, 0.25) is 0 Å². The molecule has 0 unspecified atom stereocenters. The Bertz CT molecular complexity index is 947. The Hall–Kier alpha value is -2.57. The largest absolute Gasteiger partial charge is 0.362 e. The van der Waals surface area contributed by atoms with E-state index in [4.69, 9.17) is 16.9 Å². The fourth-order valence-corrected chi connectivity index (χ4v) is 3.82. The molecule has 3 nitrogen and oxygen atoms in total. The van der Waals surface area contributed by atoms with Crippen LogP contribution >= 0.6 is 11.6 Å². The van der Waals surface area contributed by atoms with Gasteiger partial charge in [-0.15, -0.1) is 0 Å². The molecule has 0 bridgehead atoms. The van der Waals surface area contributed by atoms with Crippen molar-refractivity contribution < 1.29 is 0 Å². The van der Waals surface area contributed by atoms with E-state index in [1.165, 1.54) is 16.8 Å². The molecule has 0 amide bonds. The summed E-state index contributed by atoms with van der Waals surface area (Å²) in [5.41, 5.74) is 5.92. The van der Waals surface area contributed by atoms with Crippen molar-refractivity contribution in [3.8, 4) is 6.07 Å². The molecule has 0 aliphatic carbocycles. The quantitative estimate of drug-likeness (QED) is 0.580. The third-order valence-corrected chi connectivity index (χ3v) is 5.22. The second-order valence-electron chi connectivity index (χ2n) is 7.44. The van der Waals surface area contributed by atoms with Crippen LogP contribution in [0.5, 0.6) is 0 Å². The van der Waals surface area contributed by atoms with Crippen LogP contribution in [0.15, 0.2) is 47.5 Å². The highest BCUT2D eigenvalue weighted by Gasteiger charge is 2.31. The molecule has 0 atom stereocenters. The smallest absolute Gasteiger partial charge is 0.0991 e. The summed E-state index contributed by atoms with van der Waals surface area (Å²) >= 11 is 6.60. The van der Waals surface area contributed by atoms with Gasteiger partial charge in [-0.1, -0.05) is 24.6 Å². The van der Waals surface area contributed by atoms with Crippen LogP contribution in [0.25, 0.3) is 5.57 Å². The first-order valence-corrected chi connectivity index (χ1v) is 9.59. The molecule has 0 saturated carbocycles. The van der Waals surface area contributed by atoms with Gasteiger partial charge in [-0.05, 0) is 69.2 Å². The maximum atomic E-state index is 8.89. The second-order valence-corrected chi connectivity index (χ2v) is 7.85. The van der Waals surface area contributed by atoms with Gasteiger partial charge in [0, 0.05) is 29.6 Å². The summed E-state index contributed by atoms with van der Waals surface area (Å²) in [6, 6.07) is 13.5. The molecule has 1 heterocycles. The van der Waals surface area contributed by atoms with E-state index in [1.54, 1.807) is 18.3 Å². The predicted molar refractivity (Wildman–Crippen MR) is 115 cm³/mol. The fraction of sp³-hybridized carbons (Fsp3) is 0.304. The highest BCUT2D eigenvalue weighted by Crippen LogP contribution is 2.41. The molecule has 138 valence electrons. The monoisotopic (exact) mass is 377 g/mol. The van der Waals surface area contributed by atoms with Gasteiger partial charge in [-0.25, -0.2) is 0 Å². The van der Waals surface area contributed by atoms with E-state index in [0.29, 0.717) is 10.6 Å². The maximum absolute atomic E-state index is 8.89. The predicted octanol–water partition coefficient (Wildman–Crippen LogP) is 6.37. The molecular formula is C23H24ClN3. The molecule has 2 aromatic rings. The van der Waals surface area contributed by atoms with E-state index in [2.05, 4.69) is 61.9 Å². The number of allylic oxidation sites excluding steroid dienone is 1. The highest BCUT2D eigenvalue weighted by molar-refractivity contribution is 6.33. The average molecular weight is 378 g/mol. The van der Waals surface area contributed by atoms with Crippen LogP contribution in [0.3, 0.4) is 0 Å². The molecule has 0 saturated heterocycles. The summed E-state index contributed by atoms with van der Waals surface area (Å²) in [5, 5.41) is 9.58. The summed E-state index contributed by atoms with van der Waals surface area (Å²) in [6.45, 7) is 9.81. The molecule has 4 heteroatoms. The summed E-state index contributed by atoms with van der Waals surface area (Å²) < 4.78 is 0. The first-order valence-electron chi connectivity index (χ1n) is 9.21. The third-order valence-electron chi connectivity index (χ3n) is 4.89. The van der Waals surface area contributed by atoms with Crippen molar-refractivity contribution in [1.82, 2.24) is 0 Å². The van der Waals surface area contributed by atoms with Gasteiger partial charge in [0.1, 0.15) is 0 Å². The number of aliphatic imine (C=N–C) groups is 1. The molecular weight excluding hydrogens is 354 g/mol. The zero-order valence-electron chi connectivity index (χ0n) is 16.3. The lowest BCUT2D eigenvalue weighted by Gasteiger charge is -2.43. The lowest BCUT2D eigenvalue weighted by atomic mass is 9.88. The molecule has 0 spiro atoms. The van der Waals surface area contributed by atoms with Crippen molar-refractivity contribution in [2.45, 2.75) is 39.7 Å². The van der Waals surface area contributed by atoms with Crippen LogP contribution in [0.2, 0.25) is 5.02 Å². The van der Waals surface area contributed by atoms with Crippen molar-refractivity contribution in [3.63, 3.8) is 0 Å². The summed E-state index contributed by atoms with van der Waals surface area (Å²) in [6.07, 6.45) is 5.19. The molecule has 2 aromatic carbocycles. The van der Waals surface area contributed by atoms with Crippen LogP contribution in [-0.4, -0.2) is 18.3 Å². The fourth-order valence-electron chi connectivity index (χ4n) is 3.61. The zero-order chi connectivity index (χ0) is 19.6. The van der Waals surface area contributed by atoms with E-state index in [9.17, 15) is 0 Å². The number of benzene rings is 2. The van der Waals surface area contributed by atoms with Crippen LogP contribution in [0.1, 0.15) is 50.8 Å². The van der Waals surface area contributed by atoms with Gasteiger partial charge in [0.05, 0.1) is 27.9 Å². The summed E-state index contributed by atoms with van der Waals surface area (Å²) in [5.74, 6) is 0. The van der Waals surface area contributed by atoms with Gasteiger partial charge in [-0.3, -0.25) is 4.99 Å². The third kappa shape index (κ3) is 3.91. The topological polar surface area (TPSA) is 39.4 Å². The molecule has 1 aliphatic heterocycles. The van der Waals surface area contributed by atoms with Gasteiger partial charge in [0.15, 0.2) is 0 Å². The Morgan fingerprint density at radius 2 is 1.93 bits per heavy atom. The van der Waals surface area contributed by atoms with Gasteiger partial charge >= 0.3 is 0 Å². The van der Waals surface area contributed by atoms with Crippen molar-refractivity contribution in [2.24, 2.45) is 4.99 Å². The average Bonchev–Trinajstić information content (AvgIpc) is 2.64. The highest BCUT2D eigenvalue weighted by atomic mass is 35.5. The normalized spacial score (nSPS) is 15.4. The second kappa shape index (κ2) is 7.58. The van der Waals surface area contributed by atoms with Gasteiger partial charge < -0.3 is 4.90 Å². The van der Waals surface area contributed by atoms with E-state index in [0.717, 1.165) is 24.2 Å². The molecule has 1 aliphatic rings. The standard InChI is InChI=1S/C23H24ClN3/c1-5-10-27-22-12-21(24)18(11-20(22)16(2)13-23(27,3)4)15-26-19-8-6-17(14-25)7-9-19/h6-9,11-13,15H,5,10H2,1-4H3. The van der Waals surface area contributed by atoms with E-state index in [-0.39, 0.29) is 5.54 Å². The first-order chi connectivity index (χ1) is 12.9. The Kier molecular flexibility index (Phi) is 5.39. The molecule has 0 N–H and O–H groups in total. The summed E-state index contributed by atoms with van der Waals surface area (Å²) in [7, 11) is 0. The molecule has 0 fully saturated rings. The lowest BCUT2D eigenvalue weighted by Crippen LogP contribution is -2.45. The number of nitriles is 1. The molecule has 0 aromatic heterocycles. The van der Waals surface area contributed by atoms with E-state index < -0.39 is 0 Å². The van der Waals surface area contributed by atoms with E-state index in [1.807, 2.05) is 12.1 Å². The van der Waals surface area contributed by atoms with Crippen molar-refractivity contribution in [3.05, 3.63) is 64.2 Å². The van der Waals surface area contributed by atoms with Gasteiger partial charge in [0.25, 0.3) is 0 Å². The minimum Gasteiger partial charge on any atom is -0.362 e. The van der Waals surface area contributed by atoms with Crippen molar-refractivity contribution >= 4 is 34.8 Å². The van der Waals surface area contributed by atoms with Crippen LogP contribution in [-0.2, 0) is 0 Å². The Morgan fingerprint density at radius 1 is 1.22 bits per heavy atom. The Balaban J connectivity index is 1.99. The zero-order valence-corrected chi connectivity index (χ0v) is 17.0. The van der Waals surface area contributed by atoms with Crippen molar-refractivity contribution in [1.29, 1.82) is 5.26 Å².